The molecule has 10 heteroatoms. The predicted octanol–water partition coefficient (Wildman–Crippen LogP) is 0.793. The van der Waals surface area contributed by atoms with Crippen molar-refractivity contribution in [3.8, 4) is 0 Å². The maximum absolute atomic E-state index is 12.4. The van der Waals surface area contributed by atoms with Gasteiger partial charge in [-0.2, -0.15) is 0 Å². The largest absolute Gasteiger partial charge is 0.280 e. The van der Waals surface area contributed by atoms with E-state index in [4.69, 9.17) is 5.84 Å². The van der Waals surface area contributed by atoms with E-state index in [0.717, 1.165) is 11.3 Å². The summed E-state index contributed by atoms with van der Waals surface area (Å²) in [6.45, 7) is 0. The minimum atomic E-state index is -3.84. The Morgan fingerprint density at radius 2 is 1.68 bits per heavy atom. The maximum atomic E-state index is 12.4. The van der Waals surface area contributed by atoms with Gasteiger partial charge in [0, 0.05) is 17.5 Å². The van der Waals surface area contributed by atoms with Crippen LogP contribution >= 0.6 is 0 Å². The number of carbonyl (C=O) groups is 1. The van der Waals surface area contributed by atoms with Gasteiger partial charge in [-0.1, -0.05) is 18.2 Å². The van der Waals surface area contributed by atoms with E-state index in [1.54, 1.807) is 18.2 Å². The lowest BCUT2D eigenvalue weighted by molar-refractivity contribution is -0.117. The Bertz CT molecular complexity index is 1050. The van der Waals surface area contributed by atoms with Crippen LogP contribution < -0.4 is 15.6 Å². The van der Waals surface area contributed by atoms with Crippen LogP contribution in [0, 0.1) is 0 Å². The fraction of sp³-hybridized carbons (Fsp3) is 0.133. The number of rotatable bonds is 4. The molecular formula is C15H15N3O5S2. The fourth-order valence-corrected chi connectivity index (χ4v) is 4.85. The fourth-order valence-electron chi connectivity index (χ4n) is 2.65. The zero-order valence-corrected chi connectivity index (χ0v) is 14.7. The first-order valence-electron chi connectivity index (χ1n) is 7.10. The SMILES string of the molecule is CS(=O)(=O)C1C(=O)N(N)c2ccc(NS(=O)(=O)c3ccccc3)cc21. The number of nitrogens with one attached hydrogen (secondary N) is 1. The van der Waals surface area contributed by atoms with Gasteiger partial charge in [0.1, 0.15) is 0 Å². The lowest BCUT2D eigenvalue weighted by Crippen LogP contribution is -2.36. The minimum Gasteiger partial charge on any atom is -0.280 e. The molecule has 2 aromatic rings. The molecule has 1 aliphatic rings. The Labute approximate surface area is 145 Å². The van der Waals surface area contributed by atoms with Crippen molar-refractivity contribution in [1.82, 2.24) is 0 Å². The highest BCUT2D eigenvalue weighted by Crippen LogP contribution is 2.40. The summed E-state index contributed by atoms with van der Waals surface area (Å²) < 4.78 is 51.0. The van der Waals surface area contributed by atoms with Gasteiger partial charge >= 0.3 is 0 Å². The molecule has 1 amide bonds. The summed E-state index contributed by atoms with van der Waals surface area (Å²) in [7, 11) is -7.60. The van der Waals surface area contributed by atoms with E-state index in [2.05, 4.69) is 4.72 Å². The summed E-state index contributed by atoms with van der Waals surface area (Å²) in [5.74, 6) is 4.85. The average molecular weight is 381 g/mol. The number of hydrogen-bond donors (Lipinski definition) is 2. The minimum absolute atomic E-state index is 0.0617. The van der Waals surface area contributed by atoms with Crippen LogP contribution in [-0.4, -0.2) is 29.0 Å². The van der Waals surface area contributed by atoms with Crippen LogP contribution in [0.15, 0.2) is 53.4 Å². The number of sulfonamides is 1. The normalized spacial score (nSPS) is 17.4. The lowest BCUT2D eigenvalue weighted by Gasteiger charge is -2.11. The summed E-state index contributed by atoms with van der Waals surface area (Å²) in [5, 5.41) is -0.690. The van der Waals surface area contributed by atoms with Crippen LogP contribution in [0.1, 0.15) is 10.8 Å². The van der Waals surface area contributed by atoms with Gasteiger partial charge in [-0.3, -0.25) is 9.52 Å². The third-order valence-corrected chi connectivity index (χ3v) is 6.47. The highest BCUT2D eigenvalue weighted by atomic mass is 32.2. The molecule has 25 heavy (non-hydrogen) atoms. The number of fused-ring (bicyclic) bond motifs is 1. The zero-order chi connectivity index (χ0) is 18.4. The molecule has 3 N–H and O–H groups in total. The van der Waals surface area contributed by atoms with Crippen LogP contribution in [0.3, 0.4) is 0 Å². The highest BCUT2D eigenvalue weighted by Gasteiger charge is 2.42. The topological polar surface area (TPSA) is 127 Å². The van der Waals surface area contributed by atoms with Gasteiger partial charge < -0.3 is 0 Å². The molecule has 1 atom stereocenters. The van der Waals surface area contributed by atoms with Gasteiger partial charge in [0.25, 0.3) is 15.9 Å². The van der Waals surface area contributed by atoms with Gasteiger partial charge in [-0.05, 0) is 30.3 Å². The Balaban J connectivity index is 2.03. The average Bonchev–Trinajstić information content (AvgIpc) is 2.78. The number of carbonyl (C=O) groups excluding carboxylic acids is 1. The number of sulfone groups is 1. The zero-order valence-electron chi connectivity index (χ0n) is 13.1. The van der Waals surface area contributed by atoms with Crippen molar-refractivity contribution in [3.05, 3.63) is 54.1 Å². The van der Waals surface area contributed by atoms with Gasteiger partial charge in [0.2, 0.25) is 0 Å². The van der Waals surface area contributed by atoms with E-state index in [9.17, 15) is 21.6 Å². The van der Waals surface area contributed by atoms with Crippen LogP contribution in [0.2, 0.25) is 0 Å². The summed E-state index contributed by atoms with van der Waals surface area (Å²) in [4.78, 5) is 12.2. The number of amides is 1. The standard InChI is InChI=1S/C15H15N3O5S2/c1-24(20,21)14-12-9-10(7-8-13(12)18(16)15(14)19)17-25(22,23)11-5-3-2-4-6-11/h2-9,14,17H,16H2,1H3. The molecule has 0 saturated carbocycles. The molecule has 3 rings (SSSR count). The Hall–Kier alpha value is -2.43. The first-order valence-corrected chi connectivity index (χ1v) is 10.5. The monoisotopic (exact) mass is 381 g/mol. The molecule has 0 radical (unpaired) electrons. The second kappa shape index (κ2) is 5.83. The van der Waals surface area contributed by atoms with Crippen LogP contribution in [0.4, 0.5) is 11.4 Å². The van der Waals surface area contributed by atoms with Crippen molar-refractivity contribution >= 4 is 37.1 Å². The second-order valence-corrected chi connectivity index (χ2v) is 9.42. The molecule has 0 fully saturated rings. The smallest absolute Gasteiger partial charge is 0.264 e. The summed E-state index contributed by atoms with van der Waals surface area (Å²) in [6.07, 6.45) is 0.930. The van der Waals surface area contributed by atoms with E-state index in [1.807, 2.05) is 0 Å². The van der Waals surface area contributed by atoms with E-state index < -0.39 is 31.0 Å². The Morgan fingerprint density at radius 1 is 1.04 bits per heavy atom. The number of nitrogens with zero attached hydrogens (tertiary/aromatic N) is 1. The molecule has 0 bridgehead atoms. The number of benzene rings is 2. The number of anilines is 2. The first-order chi connectivity index (χ1) is 11.6. The summed E-state index contributed by atoms with van der Waals surface area (Å²) >= 11 is 0. The quantitative estimate of drug-likeness (QED) is 0.596. The van der Waals surface area contributed by atoms with Crippen molar-refractivity contribution in [2.24, 2.45) is 5.84 Å². The molecule has 0 saturated heterocycles. The van der Waals surface area contributed by atoms with Crippen molar-refractivity contribution in [1.29, 1.82) is 0 Å². The van der Waals surface area contributed by atoms with Crippen molar-refractivity contribution in [3.63, 3.8) is 0 Å². The molecule has 1 aliphatic heterocycles. The van der Waals surface area contributed by atoms with Crippen LogP contribution in [0.5, 0.6) is 0 Å². The van der Waals surface area contributed by atoms with Crippen molar-refractivity contribution in [2.45, 2.75) is 10.1 Å². The molecule has 0 aromatic heterocycles. The van der Waals surface area contributed by atoms with Gasteiger partial charge in [0.15, 0.2) is 15.1 Å². The van der Waals surface area contributed by atoms with E-state index in [0.29, 0.717) is 0 Å². The van der Waals surface area contributed by atoms with Gasteiger partial charge in [0.05, 0.1) is 10.6 Å². The molecule has 8 nitrogen and oxygen atoms in total. The van der Waals surface area contributed by atoms with Crippen molar-refractivity contribution in [2.75, 3.05) is 16.0 Å². The van der Waals surface area contributed by atoms with E-state index in [-0.39, 0.29) is 21.8 Å². The van der Waals surface area contributed by atoms with Gasteiger partial charge in [-0.15, -0.1) is 0 Å². The van der Waals surface area contributed by atoms with Crippen LogP contribution in [-0.2, 0) is 24.7 Å². The summed E-state index contributed by atoms with van der Waals surface area (Å²) in [6, 6.07) is 11.8. The predicted molar refractivity (Wildman–Crippen MR) is 93.0 cm³/mol. The summed E-state index contributed by atoms with van der Waals surface area (Å²) in [5.41, 5.74) is 0.505. The number of hydrogen-bond acceptors (Lipinski definition) is 6. The maximum Gasteiger partial charge on any atom is 0.264 e. The second-order valence-electron chi connectivity index (χ2n) is 5.61. The lowest BCUT2D eigenvalue weighted by atomic mass is 10.1. The first kappa shape index (κ1) is 17.4. The molecule has 1 unspecified atom stereocenters. The number of nitrogens with two attached hydrogens (primary N) is 1. The Kier molecular flexibility index (Phi) is 4.06. The molecule has 1 heterocycles. The van der Waals surface area contributed by atoms with E-state index in [1.165, 1.54) is 30.3 Å². The molecule has 0 aliphatic carbocycles. The van der Waals surface area contributed by atoms with Gasteiger partial charge in [-0.25, -0.2) is 27.7 Å². The third-order valence-electron chi connectivity index (χ3n) is 3.77. The molecular weight excluding hydrogens is 366 g/mol. The van der Waals surface area contributed by atoms with Crippen LogP contribution in [0.25, 0.3) is 0 Å². The molecule has 0 spiro atoms. The molecule has 132 valence electrons. The molecule has 2 aromatic carbocycles. The van der Waals surface area contributed by atoms with Crippen molar-refractivity contribution < 1.29 is 21.6 Å². The number of hydrazine groups is 1. The van der Waals surface area contributed by atoms with E-state index >= 15 is 0 Å². The highest BCUT2D eigenvalue weighted by molar-refractivity contribution is 7.92. The third kappa shape index (κ3) is 3.11. The Morgan fingerprint density at radius 3 is 2.28 bits per heavy atom.